The first-order valence-electron chi connectivity index (χ1n) is 4.06. The van der Waals surface area contributed by atoms with Gasteiger partial charge in [0.1, 0.15) is 5.37 Å². The Morgan fingerprint density at radius 3 is 2.86 bits per heavy atom. The van der Waals surface area contributed by atoms with Crippen molar-refractivity contribution in [1.29, 1.82) is 0 Å². The maximum Gasteiger partial charge on any atom is 0.260 e. The van der Waals surface area contributed by atoms with Gasteiger partial charge in [-0.3, -0.25) is 4.79 Å². The monoisotopic (exact) mass is 273 g/mol. The first kappa shape index (κ1) is 10.0. The van der Waals surface area contributed by atoms with E-state index in [1.165, 1.54) is 11.8 Å². The number of aliphatic hydroxyl groups excluding tert-OH is 1. The minimum absolute atomic E-state index is 0.144. The third-order valence-electron chi connectivity index (χ3n) is 1.91. The van der Waals surface area contributed by atoms with Gasteiger partial charge in [-0.15, -0.1) is 0 Å². The Morgan fingerprint density at radius 2 is 2.29 bits per heavy atom. The molecule has 0 radical (unpaired) electrons. The van der Waals surface area contributed by atoms with E-state index < -0.39 is 5.44 Å². The molecule has 0 saturated carbocycles. The topological polar surface area (TPSA) is 49.3 Å². The van der Waals surface area contributed by atoms with Gasteiger partial charge in [0, 0.05) is 4.47 Å². The van der Waals surface area contributed by atoms with Crippen molar-refractivity contribution >= 4 is 33.6 Å². The van der Waals surface area contributed by atoms with Crippen LogP contribution < -0.4 is 5.32 Å². The number of carbonyl (C=O) groups is 1. The molecular formula is C9H8BrNO2S. The second-order valence-electron chi connectivity index (χ2n) is 2.93. The normalized spacial score (nSPS) is 26.3. The third-order valence-corrected chi connectivity index (χ3v) is 3.54. The zero-order valence-corrected chi connectivity index (χ0v) is 9.51. The molecule has 2 N–H and O–H groups in total. The molecule has 1 aliphatic rings. The average Bonchev–Trinajstić information content (AvgIpc) is 2.47. The highest BCUT2D eigenvalue weighted by Gasteiger charge is 2.31. The summed E-state index contributed by atoms with van der Waals surface area (Å²) in [5.41, 5.74) is 0.0354. The van der Waals surface area contributed by atoms with Crippen LogP contribution in [0.3, 0.4) is 0 Å². The molecular weight excluding hydrogens is 266 g/mol. The highest BCUT2D eigenvalue weighted by Crippen LogP contribution is 2.35. The smallest absolute Gasteiger partial charge is 0.260 e. The zero-order valence-electron chi connectivity index (χ0n) is 7.11. The van der Waals surface area contributed by atoms with Crippen LogP contribution in [0.15, 0.2) is 28.7 Å². The van der Waals surface area contributed by atoms with Crippen LogP contribution in [0.1, 0.15) is 10.9 Å². The maximum absolute atomic E-state index is 11.0. The van der Waals surface area contributed by atoms with Gasteiger partial charge < -0.3 is 10.4 Å². The van der Waals surface area contributed by atoms with E-state index in [9.17, 15) is 9.90 Å². The van der Waals surface area contributed by atoms with E-state index >= 15 is 0 Å². The van der Waals surface area contributed by atoms with Gasteiger partial charge in [0.2, 0.25) is 0 Å². The van der Waals surface area contributed by atoms with Crippen LogP contribution in [0.2, 0.25) is 0 Å². The molecule has 1 aliphatic heterocycles. The van der Waals surface area contributed by atoms with Gasteiger partial charge in [0.25, 0.3) is 5.91 Å². The molecule has 14 heavy (non-hydrogen) atoms. The third kappa shape index (κ3) is 1.94. The van der Waals surface area contributed by atoms with E-state index in [1.807, 2.05) is 24.3 Å². The van der Waals surface area contributed by atoms with Crippen LogP contribution in [0.5, 0.6) is 0 Å². The predicted molar refractivity (Wildman–Crippen MR) is 58.6 cm³/mol. The van der Waals surface area contributed by atoms with Crippen molar-refractivity contribution in [3.63, 3.8) is 0 Å². The molecule has 0 bridgehead atoms. The van der Waals surface area contributed by atoms with Gasteiger partial charge in [-0.1, -0.05) is 39.8 Å². The van der Waals surface area contributed by atoms with Gasteiger partial charge in [-0.05, 0) is 17.7 Å². The Morgan fingerprint density at radius 1 is 1.50 bits per heavy atom. The Bertz CT molecular complexity index is 372. The van der Waals surface area contributed by atoms with E-state index in [1.54, 1.807) is 0 Å². The number of nitrogens with one attached hydrogen (secondary N) is 1. The highest BCUT2D eigenvalue weighted by molar-refractivity contribution is 9.10. The molecule has 1 aromatic carbocycles. The summed E-state index contributed by atoms with van der Waals surface area (Å²) in [5.74, 6) is -0.319. The maximum atomic E-state index is 11.0. The van der Waals surface area contributed by atoms with E-state index in [4.69, 9.17) is 0 Å². The van der Waals surface area contributed by atoms with Gasteiger partial charge in [-0.25, -0.2) is 0 Å². The lowest BCUT2D eigenvalue weighted by molar-refractivity contribution is -0.124. The number of halogens is 1. The van der Waals surface area contributed by atoms with Gasteiger partial charge >= 0.3 is 0 Å². The molecule has 5 heteroatoms. The van der Waals surface area contributed by atoms with Crippen LogP contribution in [0.4, 0.5) is 0 Å². The number of aliphatic hydroxyl groups is 1. The number of benzene rings is 1. The SMILES string of the molecule is O=C1NC(c2cccc(Br)c2)SC1O. The average molecular weight is 274 g/mol. The number of amides is 1. The Labute approximate surface area is 94.0 Å². The fourth-order valence-corrected chi connectivity index (χ4v) is 2.61. The van der Waals surface area contributed by atoms with Crippen molar-refractivity contribution in [3.05, 3.63) is 34.3 Å². The minimum atomic E-state index is -0.945. The van der Waals surface area contributed by atoms with Crippen LogP contribution in [0.25, 0.3) is 0 Å². The van der Waals surface area contributed by atoms with Crippen LogP contribution >= 0.6 is 27.7 Å². The molecule has 0 aliphatic carbocycles. The lowest BCUT2D eigenvalue weighted by Gasteiger charge is -2.08. The number of rotatable bonds is 1. The van der Waals surface area contributed by atoms with E-state index in [2.05, 4.69) is 21.2 Å². The lowest BCUT2D eigenvalue weighted by Crippen LogP contribution is -2.23. The molecule has 2 rings (SSSR count). The van der Waals surface area contributed by atoms with E-state index in [-0.39, 0.29) is 11.3 Å². The second kappa shape index (κ2) is 3.92. The molecule has 3 nitrogen and oxygen atoms in total. The molecule has 2 atom stereocenters. The summed E-state index contributed by atoms with van der Waals surface area (Å²) >= 11 is 4.56. The molecule has 74 valence electrons. The molecule has 1 fully saturated rings. The van der Waals surface area contributed by atoms with Gasteiger partial charge in [-0.2, -0.15) is 0 Å². The van der Waals surface area contributed by atoms with Crippen LogP contribution in [-0.4, -0.2) is 16.4 Å². The Balaban J connectivity index is 2.21. The molecule has 1 saturated heterocycles. The molecule has 1 amide bonds. The summed E-state index contributed by atoms with van der Waals surface area (Å²) in [7, 11) is 0. The van der Waals surface area contributed by atoms with Crippen molar-refractivity contribution in [1.82, 2.24) is 5.32 Å². The summed E-state index contributed by atoms with van der Waals surface area (Å²) in [6.07, 6.45) is 0. The van der Waals surface area contributed by atoms with Crippen molar-refractivity contribution in [3.8, 4) is 0 Å². The fraction of sp³-hybridized carbons (Fsp3) is 0.222. The first-order chi connectivity index (χ1) is 6.66. The van der Waals surface area contributed by atoms with Crippen LogP contribution in [0, 0.1) is 0 Å². The molecule has 0 aromatic heterocycles. The number of hydrogen-bond donors (Lipinski definition) is 2. The van der Waals surface area contributed by atoms with Crippen molar-refractivity contribution in [2.24, 2.45) is 0 Å². The number of thioether (sulfide) groups is 1. The molecule has 2 unspecified atom stereocenters. The van der Waals surface area contributed by atoms with Crippen molar-refractivity contribution in [2.75, 3.05) is 0 Å². The fourth-order valence-electron chi connectivity index (χ4n) is 1.26. The number of hydrogen-bond acceptors (Lipinski definition) is 3. The predicted octanol–water partition coefficient (Wildman–Crippen LogP) is 1.63. The Kier molecular flexibility index (Phi) is 2.80. The van der Waals surface area contributed by atoms with E-state index in [0.29, 0.717) is 0 Å². The van der Waals surface area contributed by atoms with Gasteiger partial charge in [0.15, 0.2) is 5.44 Å². The minimum Gasteiger partial charge on any atom is -0.373 e. The quantitative estimate of drug-likeness (QED) is 0.818. The second-order valence-corrected chi connectivity index (χ2v) is 5.04. The number of carbonyl (C=O) groups excluding carboxylic acids is 1. The first-order valence-corrected chi connectivity index (χ1v) is 5.80. The highest BCUT2D eigenvalue weighted by atomic mass is 79.9. The van der Waals surface area contributed by atoms with Crippen LogP contribution in [-0.2, 0) is 4.79 Å². The Hall–Kier alpha value is -0.520. The lowest BCUT2D eigenvalue weighted by atomic mass is 10.2. The zero-order chi connectivity index (χ0) is 10.1. The summed E-state index contributed by atoms with van der Waals surface area (Å²) in [6, 6.07) is 7.66. The van der Waals surface area contributed by atoms with Crippen molar-refractivity contribution < 1.29 is 9.90 Å². The van der Waals surface area contributed by atoms with Gasteiger partial charge in [0.05, 0.1) is 0 Å². The summed E-state index contributed by atoms with van der Waals surface area (Å²) in [6.45, 7) is 0. The molecule has 1 aromatic rings. The largest absolute Gasteiger partial charge is 0.373 e. The van der Waals surface area contributed by atoms with E-state index in [0.717, 1.165) is 10.0 Å². The summed E-state index contributed by atoms with van der Waals surface area (Å²) in [4.78, 5) is 11.0. The standard InChI is InChI=1S/C9H8BrNO2S/c10-6-3-1-2-5(4-6)8-11-7(12)9(13)14-8/h1-4,8-9,13H,(H,11,12). The summed E-state index contributed by atoms with van der Waals surface area (Å²) in [5, 5.41) is 11.8. The summed E-state index contributed by atoms with van der Waals surface area (Å²) < 4.78 is 0.964. The van der Waals surface area contributed by atoms with Crippen molar-refractivity contribution in [2.45, 2.75) is 10.8 Å². The molecule has 0 spiro atoms. The molecule has 1 heterocycles.